The normalized spacial score (nSPS) is 11.6. The number of carbonyl (C=O) groups is 1. The van der Waals surface area contributed by atoms with Crippen molar-refractivity contribution in [2.24, 2.45) is 0 Å². The molecule has 0 bridgehead atoms. The van der Waals surface area contributed by atoms with Gasteiger partial charge in [0.05, 0.1) is 5.69 Å². The first-order chi connectivity index (χ1) is 8.89. The maximum atomic E-state index is 11.8. The van der Waals surface area contributed by atoms with Gasteiger partial charge in [-0.1, -0.05) is 13.0 Å². The molecule has 4 heteroatoms. The first-order valence-corrected chi connectivity index (χ1v) is 7.22. The number of anilines is 1. The molecule has 0 spiro atoms. The van der Waals surface area contributed by atoms with Gasteiger partial charge in [0.1, 0.15) is 5.60 Å². The van der Waals surface area contributed by atoms with Crippen LogP contribution in [0.5, 0.6) is 0 Å². The summed E-state index contributed by atoms with van der Waals surface area (Å²) in [5, 5.41) is 3.90. The minimum absolute atomic E-state index is 0.413. The molecule has 0 unspecified atom stereocenters. The molecule has 0 aliphatic heterocycles. The fraction of sp³-hybridized carbons (Fsp3) is 0.400. The van der Waals surface area contributed by atoms with Gasteiger partial charge in [0.2, 0.25) is 0 Å². The first-order valence-electron chi connectivity index (χ1n) is 6.40. The van der Waals surface area contributed by atoms with E-state index in [1.807, 2.05) is 32.9 Å². The molecule has 19 heavy (non-hydrogen) atoms. The third-order valence-corrected chi connectivity index (χ3v) is 3.84. The number of hydrogen-bond acceptors (Lipinski definition) is 3. The van der Waals surface area contributed by atoms with Crippen LogP contribution >= 0.6 is 11.3 Å². The van der Waals surface area contributed by atoms with Crippen LogP contribution < -0.4 is 5.32 Å². The molecule has 0 atom stereocenters. The summed E-state index contributed by atoms with van der Waals surface area (Å²) in [5.74, 6) is 0. The molecule has 1 aromatic carbocycles. The van der Waals surface area contributed by atoms with Crippen molar-refractivity contribution in [2.45, 2.75) is 39.7 Å². The molecule has 0 saturated carbocycles. The van der Waals surface area contributed by atoms with Gasteiger partial charge >= 0.3 is 6.09 Å². The number of amides is 1. The Hall–Kier alpha value is -1.55. The lowest BCUT2D eigenvalue weighted by Crippen LogP contribution is -2.27. The molecule has 1 heterocycles. The third kappa shape index (κ3) is 3.47. The van der Waals surface area contributed by atoms with Crippen molar-refractivity contribution < 1.29 is 9.53 Å². The maximum absolute atomic E-state index is 11.8. The van der Waals surface area contributed by atoms with Gasteiger partial charge in [-0.25, -0.2) is 4.79 Å². The Labute approximate surface area is 117 Å². The second kappa shape index (κ2) is 5.21. The molecule has 0 aliphatic carbocycles. The van der Waals surface area contributed by atoms with Crippen LogP contribution in [0.25, 0.3) is 10.1 Å². The largest absolute Gasteiger partial charge is 0.444 e. The minimum atomic E-state index is -0.485. The third-order valence-electron chi connectivity index (χ3n) is 2.60. The SMILES string of the molecule is CCc1cc2c(NC(=O)OC(C)(C)C)cccc2s1. The Kier molecular flexibility index (Phi) is 3.80. The van der Waals surface area contributed by atoms with Gasteiger partial charge in [0, 0.05) is 15.0 Å². The van der Waals surface area contributed by atoms with E-state index < -0.39 is 11.7 Å². The highest BCUT2D eigenvalue weighted by molar-refractivity contribution is 7.19. The molecule has 1 amide bonds. The molecule has 0 radical (unpaired) electrons. The summed E-state index contributed by atoms with van der Waals surface area (Å²) >= 11 is 1.76. The molecule has 3 nitrogen and oxygen atoms in total. The molecule has 1 N–H and O–H groups in total. The van der Waals surface area contributed by atoms with Crippen molar-refractivity contribution in [1.29, 1.82) is 0 Å². The average molecular weight is 277 g/mol. The number of ether oxygens (including phenoxy) is 1. The predicted octanol–water partition coefficient (Wildman–Crippen LogP) is 4.81. The standard InChI is InChI=1S/C15H19NO2S/c1-5-10-9-11-12(7-6-8-13(11)19-10)16-14(17)18-15(2,3)4/h6-9H,5H2,1-4H3,(H,16,17). The Morgan fingerprint density at radius 2 is 2.11 bits per heavy atom. The fourth-order valence-corrected chi connectivity index (χ4v) is 2.84. The summed E-state index contributed by atoms with van der Waals surface area (Å²) in [7, 11) is 0. The maximum Gasteiger partial charge on any atom is 0.412 e. The van der Waals surface area contributed by atoms with E-state index >= 15 is 0 Å². The topological polar surface area (TPSA) is 38.3 Å². The van der Waals surface area contributed by atoms with Gasteiger partial charge in [-0.2, -0.15) is 0 Å². The fourth-order valence-electron chi connectivity index (χ4n) is 1.81. The number of benzene rings is 1. The van der Waals surface area contributed by atoms with Crippen molar-refractivity contribution in [3.05, 3.63) is 29.1 Å². The van der Waals surface area contributed by atoms with Crippen LogP contribution in [-0.2, 0) is 11.2 Å². The number of hydrogen-bond donors (Lipinski definition) is 1. The van der Waals surface area contributed by atoms with Crippen LogP contribution in [-0.4, -0.2) is 11.7 Å². The number of carbonyl (C=O) groups excluding carboxylic acids is 1. The monoisotopic (exact) mass is 277 g/mol. The van der Waals surface area contributed by atoms with E-state index in [1.54, 1.807) is 11.3 Å². The number of thiophene rings is 1. The van der Waals surface area contributed by atoms with Gasteiger partial charge in [-0.05, 0) is 45.4 Å². The Bertz CT molecular complexity index is 596. The zero-order valence-electron chi connectivity index (χ0n) is 11.7. The molecule has 0 aliphatic rings. The van der Waals surface area contributed by atoms with Gasteiger partial charge in [-0.3, -0.25) is 5.32 Å². The van der Waals surface area contributed by atoms with E-state index in [-0.39, 0.29) is 0 Å². The number of rotatable bonds is 2. The van der Waals surface area contributed by atoms with Crippen molar-refractivity contribution in [3.63, 3.8) is 0 Å². The minimum Gasteiger partial charge on any atom is -0.444 e. The van der Waals surface area contributed by atoms with Gasteiger partial charge in [0.15, 0.2) is 0 Å². The smallest absolute Gasteiger partial charge is 0.412 e. The van der Waals surface area contributed by atoms with Gasteiger partial charge in [0.25, 0.3) is 0 Å². The summed E-state index contributed by atoms with van der Waals surface area (Å²) in [4.78, 5) is 13.1. The lowest BCUT2D eigenvalue weighted by molar-refractivity contribution is 0.0636. The number of aryl methyl sites for hydroxylation is 1. The highest BCUT2D eigenvalue weighted by Crippen LogP contribution is 2.31. The molecule has 0 fully saturated rings. The quantitative estimate of drug-likeness (QED) is 0.855. The molecule has 2 aromatic rings. The summed E-state index contributed by atoms with van der Waals surface area (Å²) in [6, 6.07) is 8.05. The number of nitrogens with one attached hydrogen (secondary N) is 1. The van der Waals surface area contributed by atoms with Crippen molar-refractivity contribution in [3.8, 4) is 0 Å². The van der Waals surface area contributed by atoms with E-state index in [9.17, 15) is 4.79 Å². The summed E-state index contributed by atoms with van der Waals surface area (Å²) in [6.07, 6.45) is 0.592. The van der Waals surface area contributed by atoms with Crippen LogP contribution in [0.4, 0.5) is 10.5 Å². The van der Waals surface area contributed by atoms with Gasteiger partial charge < -0.3 is 4.74 Å². The van der Waals surface area contributed by atoms with E-state index in [0.29, 0.717) is 0 Å². The molecular formula is C15H19NO2S. The van der Waals surface area contributed by atoms with Crippen molar-refractivity contribution in [2.75, 3.05) is 5.32 Å². The molecular weight excluding hydrogens is 258 g/mol. The van der Waals surface area contributed by atoms with E-state index in [1.165, 1.54) is 9.58 Å². The van der Waals surface area contributed by atoms with E-state index in [2.05, 4.69) is 24.4 Å². The molecule has 2 rings (SSSR count). The first kappa shape index (κ1) is 13.9. The zero-order chi connectivity index (χ0) is 14.0. The zero-order valence-corrected chi connectivity index (χ0v) is 12.6. The van der Waals surface area contributed by atoms with Crippen LogP contribution in [0.2, 0.25) is 0 Å². The van der Waals surface area contributed by atoms with Crippen LogP contribution in [0.3, 0.4) is 0 Å². The Balaban J connectivity index is 2.25. The predicted molar refractivity (Wildman–Crippen MR) is 81.1 cm³/mol. The average Bonchev–Trinajstić information content (AvgIpc) is 2.70. The lowest BCUT2D eigenvalue weighted by atomic mass is 10.2. The highest BCUT2D eigenvalue weighted by atomic mass is 32.1. The second-order valence-corrected chi connectivity index (χ2v) is 6.58. The highest BCUT2D eigenvalue weighted by Gasteiger charge is 2.17. The Morgan fingerprint density at radius 3 is 2.74 bits per heavy atom. The van der Waals surface area contributed by atoms with Crippen LogP contribution in [0.15, 0.2) is 24.3 Å². The lowest BCUT2D eigenvalue weighted by Gasteiger charge is -2.19. The van der Waals surface area contributed by atoms with Crippen LogP contribution in [0, 0.1) is 0 Å². The Morgan fingerprint density at radius 1 is 1.37 bits per heavy atom. The summed E-state index contributed by atoms with van der Waals surface area (Å²) < 4.78 is 6.46. The second-order valence-electron chi connectivity index (χ2n) is 5.41. The number of fused-ring (bicyclic) bond motifs is 1. The molecule has 102 valence electrons. The molecule has 0 saturated heterocycles. The summed E-state index contributed by atoms with van der Waals surface area (Å²) in [5.41, 5.74) is 0.323. The van der Waals surface area contributed by atoms with E-state index in [4.69, 9.17) is 4.74 Å². The summed E-state index contributed by atoms with van der Waals surface area (Å²) in [6.45, 7) is 7.69. The van der Waals surface area contributed by atoms with Gasteiger partial charge in [-0.15, -0.1) is 11.3 Å². The van der Waals surface area contributed by atoms with E-state index in [0.717, 1.165) is 17.5 Å². The van der Waals surface area contributed by atoms with Crippen molar-refractivity contribution >= 4 is 33.2 Å². The molecule has 1 aromatic heterocycles. The van der Waals surface area contributed by atoms with Crippen LogP contribution in [0.1, 0.15) is 32.6 Å². The van der Waals surface area contributed by atoms with Crippen molar-refractivity contribution in [1.82, 2.24) is 0 Å².